The molecule has 88 valence electrons. The molecule has 0 spiro atoms. The quantitative estimate of drug-likeness (QED) is 0.748. The van der Waals surface area contributed by atoms with Gasteiger partial charge in [0.2, 0.25) is 0 Å². The van der Waals surface area contributed by atoms with Crippen LogP contribution in [0, 0.1) is 0 Å². The highest BCUT2D eigenvalue weighted by atomic mass is 16.5. The Morgan fingerprint density at radius 2 is 2.00 bits per heavy atom. The molecule has 1 nitrogen and oxygen atoms in total. The Kier molecular flexibility index (Phi) is 2.76. The molecule has 0 saturated heterocycles. The third kappa shape index (κ3) is 1.80. The van der Waals surface area contributed by atoms with Gasteiger partial charge in [0, 0.05) is 5.39 Å². The van der Waals surface area contributed by atoms with Crippen LogP contribution in [0.4, 0.5) is 0 Å². The summed E-state index contributed by atoms with van der Waals surface area (Å²) in [5.41, 5.74) is 2.88. The topological polar surface area (TPSA) is 9.23 Å². The van der Waals surface area contributed by atoms with Gasteiger partial charge in [-0.05, 0) is 35.8 Å². The minimum absolute atomic E-state index is 0.865. The molecule has 0 saturated carbocycles. The highest BCUT2D eigenvalue weighted by molar-refractivity contribution is 5.92. The highest BCUT2D eigenvalue weighted by Gasteiger charge is 2.15. The van der Waals surface area contributed by atoms with E-state index in [4.69, 9.17) is 4.74 Å². The molecule has 1 heterocycles. The first-order valence-corrected chi connectivity index (χ1v) is 6.56. The van der Waals surface area contributed by atoms with Crippen molar-refractivity contribution in [2.24, 2.45) is 0 Å². The maximum atomic E-state index is 5.87. The first-order chi connectivity index (χ1) is 8.40. The van der Waals surface area contributed by atoms with Gasteiger partial charge >= 0.3 is 0 Å². The van der Waals surface area contributed by atoms with E-state index in [0.29, 0.717) is 0 Å². The van der Waals surface area contributed by atoms with Crippen molar-refractivity contribution < 1.29 is 4.74 Å². The third-order valence-corrected chi connectivity index (χ3v) is 3.51. The summed E-state index contributed by atoms with van der Waals surface area (Å²) in [6.07, 6.45) is 4.67. The lowest BCUT2D eigenvalue weighted by Gasteiger charge is -2.21. The zero-order chi connectivity index (χ0) is 11.7. The third-order valence-electron chi connectivity index (χ3n) is 3.51. The second-order valence-electron chi connectivity index (χ2n) is 4.77. The molecular formula is C16H18O. The second kappa shape index (κ2) is 4.40. The zero-order valence-electron chi connectivity index (χ0n) is 10.3. The molecule has 2 aromatic rings. The highest BCUT2D eigenvalue weighted by Crippen LogP contribution is 2.36. The summed E-state index contributed by atoms with van der Waals surface area (Å²) in [5.74, 6) is 1.13. The van der Waals surface area contributed by atoms with Gasteiger partial charge in [0.05, 0.1) is 6.61 Å². The van der Waals surface area contributed by atoms with Crippen molar-refractivity contribution in [1.82, 2.24) is 0 Å². The molecule has 1 aliphatic rings. The van der Waals surface area contributed by atoms with Crippen LogP contribution in [0.1, 0.15) is 30.9 Å². The van der Waals surface area contributed by atoms with Crippen LogP contribution in [0.3, 0.4) is 0 Å². The molecule has 17 heavy (non-hydrogen) atoms. The molecule has 1 heteroatoms. The number of ether oxygens (including phenoxy) is 1. The Bertz CT molecular complexity index is 542. The molecule has 1 aliphatic heterocycles. The maximum absolute atomic E-state index is 5.87. The Morgan fingerprint density at radius 1 is 1.18 bits per heavy atom. The van der Waals surface area contributed by atoms with Crippen LogP contribution in [0.2, 0.25) is 0 Å². The number of aryl methyl sites for hydroxylation is 2. The van der Waals surface area contributed by atoms with Crippen molar-refractivity contribution in [2.45, 2.75) is 32.6 Å². The van der Waals surface area contributed by atoms with Crippen molar-refractivity contribution in [1.29, 1.82) is 0 Å². The molecule has 0 bridgehead atoms. The predicted molar refractivity (Wildman–Crippen MR) is 71.8 cm³/mol. The maximum Gasteiger partial charge on any atom is 0.130 e. The van der Waals surface area contributed by atoms with Gasteiger partial charge < -0.3 is 4.74 Å². The van der Waals surface area contributed by atoms with Crippen LogP contribution >= 0.6 is 0 Å². The van der Waals surface area contributed by atoms with Crippen LogP contribution in [0.5, 0.6) is 5.75 Å². The average Bonchev–Trinajstić information content (AvgIpc) is 2.39. The minimum atomic E-state index is 0.865. The molecule has 0 aromatic heterocycles. The fourth-order valence-electron chi connectivity index (χ4n) is 2.76. The minimum Gasteiger partial charge on any atom is -0.493 e. The van der Waals surface area contributed by atoms with Crippen LogP contribution in [-0.4, -0.2) is 6.61 Å². The van der Waals surface area contributed by atoms with Gasteiger partial charge in [-0.25, -0.2) is 0 Å². The van der Waals surface area contributed by atoms with Crippen molar-refractivity contribution >= 4 is 10.8 Å². The van der Waals surface area contributed by atoms with Crippen molar-refractivity contribution in [3.63, 3.8) is 0 Å². The van der Waals surface area contributed by atoms with Crippen LogP contribution in [0.25, 0.3) is 10.8 Å². The number of benzene rings is 2. The molecule has 0 N–H and O–H groups in total. The predicted octanol–water partition coefficient (Wildman–Crippen LogP) is 4.12. The summed E-state index contributed by atoms with van der Waals surface area (Å²) in [4.78, 5) is 0. The lowest BCUT2D eigenvalue weighted by Crippen LogP contribution is -2.09. The summed E-state index contributed by atoms with van der Waals surface area (Å²) in [6.45, 7) is 3.11. The van der Waals surface area contributed by atoms with E-state index in [1.807, 2.05) is 0 Å². The summed E-state index contributed by atoms with van der Waals surface area (Å²) in [6, 6.07) is 11.0. The number of hydrogen-bond donors (Lipinski definition) is 0. The molecule has 0 atom stereocenters. The average molecular weight is 226 g/mol. The lowest BCUT2D eigenvalue weighted by molar-refractivity contribution is 0.292. The molecule has 3 rings (SSSR count). The summed E-state index contributed by atoms with van der Waals surface area (Å²) >= 11 is 0. The van der Waals surface area contributed by atoms with E-state index in [-0.39, 0.29) is 0 Å². The van der Waals surface area contributed by atoms with E-state index >= 15 is 0 Å². The van der Waals surface area contributed by atoms with E-state index in [0.717, 1.165) is 31.6 Å². The Labute approximate surface area is 102 Å². The molecule has 0 amide bonds. The van der Waals surface area contributed by atoms with E-state index < -0.39 is 0 Å². The molecule has 0 radical (unpaired) electrons. The Morgan fingerprint density at radius 3 is 2.82 bits per heavy atom. The molecular weight excluding hydrogens is 208 g/mol. The van der Waals surface area contributed by atoms with Crippen molar-refractivity contribution in [2.75, 3.05) is 6.61 Å². The van der Waals surface area contributed by atoms with Gasteiger partial charge in [0.1, 0.15) is 5.75 Å². The smallest absolute Gasteiger partial charge is 0.130 e. The largest absolute Gasteiger partial charge is 0.493 e. The normalized spacial score (nSPS) is 14.4. The number of fused-ring (bicyclic) bond motifs is 3. The number of hydrogen-bond acceptors (Lipinski definition) is 1. The summed E-state index contributed by atoms with van der Waals surface area (Å²) in [5, 5.41) is 2.67. The standard InChI is InChI=1S/C16H18O/c1-2-6-12-11-13-7-5-10-17-16(13)15-9-4-3-8-14(12)15/h3-4,8-9,11H,2,5-7,10H2,1H3. The lowest BCUT2D eigenvalue weighted by atomic mass is 9.94. The van der Waals surface area contributed by atoms with Gasteiger partial charge in [0.15, 0.2) is 0 Å². The van der Waals surface area contributed by atoms with Crippen LogP contribution in [-0.2, 0) is 12.8 Å². The Hall–Kier alpha value is -1.50. The zero-order valence-corrected chi connectivity index (χ0v) is 10.3. The SMILES string of the molecule is CCCc1cc2c(c3ccccc13)OCCC2. The molecule has 0 unspecified atom stereocenters. The summed E-state index contributed by atoms with van der Waals surface area (Å²) in [7, 11) is 0. The van der Waals surface area contributed by atoms with E-state index in [9.17, 15) is 0 Å². The van der Waals surface area contributed by atoms with Crippen molar-refractivity contribution in [3.8, 4) is 5.75 Å². The first kappa shape index (κ1) is 10.6. The van der Waals surface area contributed by atoms with Gasteiger partial charge in [-0.15, -0.1) is 0 Å². The van der Waals surface area contributed by atoms with E-state index in [2.05, 4.69) is 37.3 Å². The first-order valence-electron chi connectivity index (χ1n) is 6.56. The molecule has 0 aliphatic carbocycles. The summed E-state index contributed by atoms with van der Waals surface area (Å²) < 4.78 is 5.87. The van der Waals surface area contributed by atoms with Crippen molar-refractivity contribution in [3.05, 3.63) is 41.5 Å². The molecule has 2 aromatic carbocycles. The fourth-order valence-corrected chi connectivity index (χ4v) is 2.76. The monoisotopic (exact) mass is 226 g/mol. The van der Waals surface area contributed by atoms with Gasteiger partial charge in [-0.2, -0.15) is 0 Å². The van der Waals surface area contributed by atoms with Crippen LogP contribution < -0.4 is 4.74 Å². The van der Waals surface area contributed by atoms with E-state index in [1.54, 1.807) is 0 Å². The van der Waals surface area contributed by atoms with Gasteiger partial charge in [0.25, 0.3) is 0 Å². The van der Waals surface area contributed by atoms with E-state index in [1.165, 1.54) is 28.3 Å². The van der Waals surface area contributed by atoms with Gasteiger partial charge in [-0.1, -0.05) is 43.7 Å². The fraction of sp³-hybridized carbons (Fsp3) is 0.375. The van der Waals surface area contributed by atoms with Gasteiger partial charge in [-0.3, -0.25) is 0 Å². The number of rotatable bonds is 2. The molecule has 0 fully saturated rings. The second-order valence-corrected chi connectivity index (χ2v) is 4.77. The Balaban J connectivity index is 2.27. The van der Waals surface area contributed by atoms with Crippen LogP contribution in [0.15, 0.2) is 30.3 Å².